The third kappa shape index (κ3) is 4.10. The summed E-state index contributed by atoms with van der Waals surface area (Å²) in [6.45, 7) is 0. The number of aliphatic carboxylic acids is 1. The molecule has 0 aromatic rings. The Morgan fingerprint density at radius 3 is 2.50 bits per heavy atom. The smallest absolute Gasteiger partial charge is 0.364 e. The zero-order valence-electron chi connectivity index (χ0n) is 6.20. The van der Waals surface area contributed by atoms with E-state index in [-0.39, 0.29) is 5.70 Å². The van der Waals surface area contributed by atoms with Gasteiger partial charge in [-0.1, -0.05) is 0 Å². The molecule has 0 aromatic heterocycles. The van der Waals surface area contributed by atoms with Gasteiger partial charge in [0, 0.05) is 11.8 Å². The molecule has 0 heterocycles. The molecule has 66 valence electrons. The number of hydrogen-bond donors (Lipinski definition) is 3. The molecule has 0 radical (unpaired) electrons. The van der Waals surface area contributed by atoms with Gasteiger partial charge in [0.05, 0.1) is 0 Å². The summed E-state index contributed by atoms with van der Waals surface area (Å²) in [5.41, 5.74) is 10.1. The van der Waals surface area contributed by atoms with Gasteiger partial charge in [0.25, 0.3) is 0 Å². The maximum Gasteiger partial charge on any atom is 0.364 e. The lowest BCUT2D eigenvalue weighted by Gasteiger charge is -1.89. The summed E-state index contributed by atoms with van der Waals surface area (Å²) >= 11 is 0. The molecule has 5 heteroatoms. The van der Waals surface area contributed by atoms with Gasteiger partial charge in [-0.05, 0) is 18.4 Å². The van der Waals surface area contributed by atoms with Crippen molar-refractivity contribution in [1.82, 2.24) is 0 Å². The van der Waals surface area contributed by atoms with Crippen molar-refractivity contribution in [3.63, 3.8) is 0 Å². The fraction of sp³-hybridized carbons (Fsp3) is 0. The van der Waals surface area contributed by atoms with Crippen molar-refractivity contribution in [1.29, 1.82) is 0 Å². The highest BCUT2D eigenvalue weighted by atomic mass is 19.1. The van der Waals surface area contributed by atoms with Crippen molar-refractivity contribution in [3.05, 3.63) is 36.0 Å². The van der Waals surface area contributed by atoms with Crippen LogP contribution in [0.15, 0.2) is 36.0 Å². The predicted molar refractivity (Wildman–Crippen MR) is 42.4 cm³/mol. The molecule has 4 nitrogen and oxygen atoms in total. The first-order valence-electron chi connectivity index (χ1n) is 3.02. The van der Waals surface area contributed by atoms with Crippen molar-refractivity contribution in [2.24, 2.45) is 11.5 Å². The first kappa shape index (κ1) is 10.2. The maximum atomic E-state index is 12.3. The van der Waals surface area contributed by atoms with Gasteiger partial charge < -0.3 is 16.6 Å². The Morgan fingerprint density at radius 2 is 2.08 bits per heavy atom. The average molecular weight is 172 g/mol. The number of carbonyl (C=O) groups is 1. The van der Waals surface area contributed by atoms with E-state index < -0.39 is 11.8 Å². The van der Waals surface area contributed by atoms with Crippen LogP contribution in [0.25, 0.3) is 0 Å². The van der Waals surface area contributed by atoms with Crippen LogP contribution in [0.2, 0.25) is 0 Å². The minimum absolute atomic E-state index is 0.0170. The number of rotatable bonds is 3. The first-order chi connectivity index (χ1) is 5.57. The molecule has 12 heavy (non-hydrogen) atoms. The molecule has 5 N–H and O–H groups in total. The average Bonchev–Trinajstić information content (AvgIpc) is 2.00. The van der Waals surface area contributed by atoms with Gasteiger partial charge in [0.15, 0.2) is 0 Å². The topological polar surface area (TPSA) is 89.3 Å². The van der Waals surface area contributed by atoms with Crippen LogP contribution < -0.4 is 11.5 Å². The Morgan fingerprint density at radius 1 is 1.50 bits per heavy atom. The van der Waals surface area contributed by atoms with E-state index in [1.165, 1.54) is 18.4 Å². The SMILES string of the molecule is N\C=C/C=C(N)/C=C(\F)C(=O)O. The van der Waals surface area contributed by atoms with Crippen LogP contribution in [0, 0.1) is 0 Å². The second kappa shape index (κ2) is 4.95. The van der Waals surface area contributed by atoms with Crippen LogP contribution in [0.5, 0.6) is 0 Å². The van der Waals surface area contributed by atoms with E-state index >= 15 is 0 Å². The molecule has 0 unspecified atom stereocenters. The number of carboxylic acids is 1. The van der Waals surface area contributed by atoms with Crippen LogP contribution in [-0.4, -0.2) is 11.1 Å². The third-order valence-electron chi connectivity index (χ3n) is 0.897. The largest absolute Gasteiger partial charge is 0.476 e. The Hall–Kier alpha value is -1.78. The van der Waals surface area contributed by atoms with Gasteiger partial charge in [-0.25, -0.2) is 4.79 Å². The molecule has 0 aliphatic rings. The molecule has 0 aliphatic carbocycles. The molecule has 0 fully saturated rings. The van der Waals surface area contributed by atoms with Crippen LogP contribution in [0.3, 0.4) is 0 Å². The highest BCUT2D eigenvalue weighted by Crippen LogP contribution is 1.99. The molecular formula is C7H9FN2O2. The summed E-state index contributed by atoms with van der Waals surface area (Å²) in [5, 5.41) is 8.09. The normalized spacial score (nSPS) is 13.8. The molecule has 0 aliphatic heterocycles. The second-order valence-corrected chi connectivity index (χ2v) is 1.85. The Kier molecular flexibility index (Phi) is 4.21. The molecule has 0 spiro atoms. The van der Waals surface area contributed by atoms with Gasteiger partial charge >= 0.3 is 5.97 Å². The van der Waals surface area contributed by atoms with Crippen molar-refractivity contribution in [2.75, 3.05) is 0 Å². The lowest BCUT2D eigenvalue weighted by atomic mass is 10.3. The van der Waals surface area contributed by atoms with Gasteiger partial charge in [0.2, 0.25) is 5.83 Å². The second-order valence-electron chi connectivity index (χ2n) is 1.85. The molecule has 0 bridgehead atoms. The summed E-state index contributed by atoms with van der Waals surface area (Å²) in [4.78, 5) is 9.94. The molecule has 0 amide bonds. The van der Waals surface area contributed by atoms with Crippen LogP contribution in [-0.2, 0) is 4.79 Å². The Balaban J connectivity index is 4.42. The maximum absolute atomic E-state index is 12.3. The summed E-state index contributed by atoms with van der Waals surface area (Å²) in [5.74, 6) is -2.96. The predicted octanol–water partition coefficient (Wildman–Crippen LogP) is 0.239. The molecule has 0 atom stereocenters. The fourth-order valence-corrected chi connectivity index (χ4v) is 0.423. The number of carboxylic acid groups (broad SMARTS) is 1. The molecule has 0 saturated carbocycles. The van der Waals surface area contributed by atoms with Gasteiger partial charge in [-0.3, -0.25) is 0 Å². The lowest BCUT2D eigenvalue weighted by molar-refractivity contribution is -0.134. The monoisotopic (exact) mass is 172 g/mol. The fourth-order valence-electron chi connectivity index (χ4n) is 0.423. The van der Waals surface area contributed by atoms with Gasteiger partial charge in [-0.15, -0.1) is 0 Å². The van der Waals surface area contributed by atoms with Crippen LogP contribution in [0.1, 0.15) is 0 Å². The van der Waals surface area contributed by atoms with E-state index in [4.69, 9.17) is 16.6 Å². The molecule has 0 aromatic carbocycles. The molecular weight excluding hydrogens is 163 g/mol. The van der Waals surface area contributed by atoms with Crippen LogP contribution >= 0.6 is 0 Å². The van der Waals surface area contributed by atoms with E-state index in [2.05, 4.69) is 0 Å². The minimum Gasteiger partial charge on any atom is -0.476 e. The van der Waals surface area contributed by atoms with Crippen molar-refractivity contribution >= 4 is 5.97 Å². The van der Waals surface area contributed by atoms with E-state index in [0.29, 0.717) is 6.08 Å². The van der Waals surface area contributed by atoms with Crippen molar-refractivity contribution in [2.45, 2.75) is 0 Å². The number of hydrogen-bond acceptors (Lipinski definition) is 3. The quantitative estimate of drug-likeness (QED) is 0.420. The molecule has 0 rings (SSSR count). The zero-order chi connectivity index (χ0) is 9.56. The highest BCUT2D eigenvalue weighted by molar-refractivity contribution is 5.84. The number of nitrogens with two attached hydrogens (primary N) is 2. The van der Waals surface area contributed by atoms with Gasteiger partial charge in [0.1, 0.15) is 0 Å². The summed E-state index contributed by atoms with van der Waals surface area (Å²) in [7, 11) is 0. The molecule has 0 saturated heterocycles. The number of halogens is 1. The van der Waals surface area contributed by atoms with E-state index in [0.717, 1.165) is 0 Å². The van der Waals surface area contributed by atoms with E-state index in [1.807, 2.05) is 0 Å². The Bertz CT molecular complexity index is 256. The standard InChI is InChI=1S/C7H9FN2O2/c8-6(7(11)12)4-5(10)2-1-3-9/h1-4H,9-10H2,(H,11,12)/b3-1-,5-2-,6-4-. The lowest BCUT2D eigenvalue weighted by Crippen LogP contribution is -1.99. The highest BCUT2D eigenvalue weighted by Gasteiger charge is 2.03. The summed E-state index contributed by atoms with van der Waals surface area (Å²) in [6.07, 6.45) is 4.53. The zero-order valence-corrected chi connectivity index (χ0v) is 6.20. The van der Waals surface area contributed by atoms with Gasteiger partial charge in [-0.2, -0.15) is 4.39 Å². The summed E-state index contributed by atoms with van der Waals surface area (Å²) < 4.78 is 12.3. The van der Waals surface area contributed by atoms with Crippen LogP contribution in [0.4, 0.5) is 4.39 Å². The Labute approximate surface area is 68.7 Å². The van der Waals surface area contributed by atoms with Crippen molar-refractivity contribution < 1.29 is 14.3 Å². The van der Waals surface area contributed by atoms with E-state index in [9.17, 15) is 9.18 Å². The van der Waals surface area contributed by atoms with E-state index in [1.54, 1.807) is 0 Å². The van der Waals surface area contributed by atoms with Crippen molar-refractivity contribution in [3.8, 4) is 0 Å². The number of allylic oxidation sites excluding steroid dienone is 3. The first-order valence-corrected chi connectivity index (χ1v) is 3.02. The third-order valence-corrected chi connectivity index (χ3v) is 0.897. The minimum atomic E-state index is -1.65. The summed E-state index contributed by atoms with van der Waals surface area (Å²) in [6, 6.07) is 0.